The van der Waals surface area contributed by atoms with Gasteiger partial charge in [0, 0.05) is 24.6 Å². The van der Waals surface area contributed by atoms with Crippen LogP contribution in [0.25, 0.3) is 28.2 Å². The molecular weight excluding hydrogens is 566 g/mol. The molecule has 0 saturated heterocycles. The molecule has 0 aliphatic carbocycles. The van der Waals surface area contributed by atoms with Gasteiger partial charge in [0.2, 0.25) is 5.91 Å². The lowest BCUT2D eigenvalue weighted by atomic mass is 9.94. The molecule has 1 N–H and O–H groups in total. The number of fused-ring (bicyclic) bond motifs is 4. The van der Waals surface area contributed by atoms with E-state index in [1.165, 1.54) is 58.4 Å². The van der Waals surface area contributed by atoms with Crippen LogP contribution < -0.4 is 10.9 Å². The lowest BCUT2D eigenvalue weighted by molar-refractivity contribution is -0.119. The van der Waals surface area contributed by atoms with Crippen molar-refractivity contribution < 1.29 is 13.6 Å². The molecule has 2 aromatic carbocycles. The maximum Gasteiger partial charge on any atom is 0.254 e. The minimum absolute atomic E-state index is 0.00689. The van der Waals surface area contributed by atoms with E-state index in [2.05, 4.69) is 25.7 Å². The normalized spacial score (nSPS) is 17.2. The molecule has 0 unspecified atom stereocenters. The van der Waals surface area contributed by atoms with E-state index in [0.717, 1.165) is 0 Å². The second-order valence-corrected chi connectivity index (χ2v) is 10.7. The smallest absolute Gasteiger partial charge is 0.254 e. The Kier molecular flexibility index (Phi) is 7.15. The Morgan fingerprint density at radius 2 is 1.93 bits per heavy atom. The average Bonchev–Trinajstić information content (AvgIpc) is 3.62. The molecule has 3 aromatic heterocycles. The van der Waals surface area contributed by atoms with Crippen LogP contribution in [0.2, 0.25) is 5.02 Å². The molecule has 0 fully saturated rings. The van der Waals surface area contributed by atoms with Crippen LogP contribution in [0.5, 0.6) is 0 Å². The summed E-state index contributed by atoms with van der Waals surface area (Å²) in [4.78, 5) is 31.0. The molecule has 13 heteroatoms. The van der Waals surface area contributed by atoms with Crippen molar-refractivity contribution in [2.75, 3.05) is 5.32 Å². The molecule has 4 heterocycles. The molecule has 0 radical (unpaired) electrons. The van der Waals surface area contributed by atoms with Gasteiger partial charge in [-0.25, -0.2) is 18.4 Å². The first-order valence-corrected chi connectivity index (χ1v) is 13.7. The first kappa shape index (κ1) is 27.5. The van der Waals surface area contributed by atoms with Crippen molar-refractivity contribution in [1.29, 1.82) is 0 Å². The van der Waals surface area contributed by atoms with Crippen molar-refractivity contribution in [3.63, 3.8) is 0 Å². The summed E-state index contributed by atoms with van der Waals surface area (Å²) in [6, 6.07) is 8.09. The van der Waals surface area contributed by atoms with Gasteiger partial charge in [-0.3, -0.25) is 18.8 Å². The number of aromatic nitrogens is 7. The zero-order valence-corrected chi connectivity index (χ0v) is 23.4. The minimum atomic E-state index is -0.755. The van der Waals surface area contributed by atoms with Crippen LogP contribution in [0.4, 0.5) is 14.5 Å². The number of anilines is 1. The van der Waals surface area contributed by atoms with E-state index in [4.69, 9.17) is 11.6 Å². The summed E-state index contributed by atoms with van der Waals surface area (Å²) in [6.07, 6.45) is 7.37. The highest BCUT2D eigenvalue weighted by atomic mass is 35.5. The van der Waals surface area contributed by atoms with Crippen LogP contribution in [0, 0.1) is 17.6 Å². The summed E-state index contributed by atoms with van der Waals surface area (Å²) in [6.45, 7) is 1.83. The molecular formula is C29H25ClF2N8O2. The van der Waals surface area contributed by atoms with Crippen LogP contribution in [-0.2, 0) is 11.8 Å². The zero-order valence-electron chi connectivity index (χ0n) is 22.6. The molecule has 0 spiro atoms. The second kappa shape index (κ2) is 10.9. The summed E-state index contributed by atoms with van der Waals surface area (Å²) in [5.41, 5.74) is 1.93. The van der Waals surface area contributed by atoms with Crippen molar-refractivity contribution in [3.05, 3.63) is 93.9 Å². The number of carbonyl (C=O) groups excluding carboxylic acids is 1. The summed E-state index contributed by atoms with van der Waals surface area (Å²) in [5, 5.41) is 14.8. The SMILES string of the molecule is C[C@@H]1CCC[C@H](n2cnc(-c3c(-n4ccnn4)ccc(Cl)c3F)cc2=O)c2cc(F)cc(c2)-c2c(cnn2C)NC1=O. The van der Waals surface area contributed by atoms with Crippen molar-refractivity contribution >= 4 is 23.2 Å². The molecule has 2 atom stereocenters. The van der Waals surface area contributed by atoms with Gasteiger partial charge >= 0.3 is 0 Å². The number of aryl methyl sites for hydroxylation is 1. The van der Waals surface area contributed by atoms with Crippen LogP contribution >= 0.6 is 11.6 Å². The molecule has 214 valence electrons. The van der Waals surface area contributed by atoms with E-state index < -0.39 is 23.2 Å². The fourth-order valence-corrected chi connectivity index (χ4v) is 5.53. The van der Waals surface area contributed by atoms with Gasteiger partial charge in [-0.15, -0.1) is 5.10 Å². The molecule has 2 bridgehead atoms. The molecule has 6 rings (SSSR count). The molecule has 1 amide bonds. The van der Waals surface area contributed by atoms with Crippen LogP contribution in [0.3, 0.4) is 0 Å². The van der Waals surface area contributed by atoms with Gasteiger partial charge < -0.3 is 5.32 Å². The number of benzene rings is 2. The maximum atomic E-state index is 15.3. The van der Waals surface area contributed by atoms with Crippen molar-refractivity contribution in [1.82, 2.24) is 34.3 Å². The van der Waals surface area contributed by atoms with E-state index >= 15 is 8.78 Å². The fourth-order valence-electron chi connectivity index (χ4n) is 5.38. The lowest BCUT2D eigenvalue weighted by Gasteiger charge is -2.23. The minimum Gasteiger partial charge on any atom is -0.323 e. The van der Waals surface area contributed by atoms with E-state index in [1.54, 1.807) is 23.9 Å². The number of hydrogen-bond donors (Lipinski definition) is 1. The van der Waals surface area contributed by atoms with Gasteiger partial charge in [0.25, 0.3) is 5.56 Å². The van der Waals surface area contributed by atoms with Gasteiger partial charge in [-0.1, -0.05) is 30.2 Å². The fraction of sp³-hybridized carbons (Fsp3) is 0.241. The van der Waals surface area contributed by atoms with Gasteiger partial charge in [0.1, 0.15) is 5.82 Å². The lowest BCUT2D eigenvalue weighted by Crippen LogP contribution is -2.27. The number of rotatable bonds is 3. The van der Waals surface area contributed by atoms with E-state index in [-0.39, 0.29) is 28.1 Å². The third-order valence-electron chi connectivity index (χ3n) is 7.51. The van der Waals surface area contributed by atoms with Gasteiger partial charge in [0.15, 0.2) is 5.82 Å². The highest BCUT2D eigenvalue weighted by molar-refractivity contribution is 6.31. The molecule has 10 nitrogen and oxygen atoms in total. The van der Waals surface area contributed by atoms with Gasteiger partial charge in [0.05, 0.1) is 64.3 Å². The van der Waals surface area contributed by atoms with Crippen LogP contribution in [0.1, 0.15) is 37.8 Å². The van der Waals surface area contributed by atoms with E-state index in [9.17, 15) is 9.59 Å². The highest BCUT2D eigenvalue weighted by Gasteiger charge is 2.25. The Hall–Kier alpha value is -4.71. The number of nitrogens with zero attached hydrogens (tertiary/aromatic N) is 7. The predicted molar refractivity (Wildman–Crippen MR) is 152 cm³/mol. The Bertz CT molecular complexity index is 1870. The van der Waals surface area contributed by atoms with Crippen molar-refractivity contribution in [3.8, 4) is 28.2 Å². The topological polar surface area (TPSA) is 113 Å². The first-order chi connectivity index (χ1) is 20.2. The summed E-state index contributed by atoms with van der Waals surface area (Å²) in [7, 11) is 1.71. The van der Waals surface area contributed by atoms with Gasteiger partial charge in [-0.05, 0) is 48.7 Å². The molecule has 1 aliphatic rings. The van der Waals surface area contributed by atoms with Crippen LogP contribution in [-0.4, -0.2) is 40.2 Å². The third kappa shape index (κ3) is 4.98. The molecule has 5 aromatic rings. The van der Waals surface area contributed by atoms with Crippen LogP contribution in [0.15, 0.2) is 66.1 Å². The van der Waals surface area contributed by atoms with E-state index in [0.29, 0.717) is 47.5 Å². The summed E-state index contributed by atoms with van der Waals surface area (Å²) < 4.78 is 34.8. The zero-order chi connectivity index (χ0) is 29.5. The highest BCUT2D eigenvalue weighted by Crippen LogP contribution is 2.35. The second-order valence-electron chi connectivity index (χ2n) is 10.3. The monoisotopic (exact) mass is 590 g/mol. The Balaban J connectivity index is 1.48. The molecule has 1 aliphatic heterocycles. The van der Waals surface area contributed by atoms with Gasteiger partial charge in [-0.2, -0.15) is 5.10 Å². The number of nitrogens with one attached hydrogen (secondary N) is 1. The standard InChI is InChI=1S/C29H25ClF2N8O2/c1-16-4-3-5-23(17-10-18(12-19(31)11-17)28-22(36-29(16)42)14-35-38(28)2)39-15-33-21(13-25(39)41)26-24(40-9-8-34-37-40)7-6-20(30)27(26)32/h6-16,23H,3-5H2,1-2H3,(H,36,42)/t16-,23+/m1/s1. The average molecular weight is 591 g/mol. The third-order valence-corrected chi connectivity index (χ3v) is 7.80. The number of hydrogen-bond acceptors (Lipinski definition) is 6. The Labute approximate surface area is 243 Å². The van der Waals surface area contributed by atoms with Crippen molar-refractivity contribution in [2.24, 2.45) is 13.0 Å². The maximum absolute atomic E-state index is 15.3. The molecule has 0 saturated carbocycles. The summed E-state index contributed by atoms with van der Waals surface area (Å²) in [5.74, 6) is -1.75. The number of halogens is 3. The van der Waals surface area contributed by atoms with Crippen molar-refractivity contribution in [2.45, 2.75) is 32.2 Å². The first-order valence-electron chi connectivity index (χ1n) is 13.3. The molecule has 42 heavy (non-hydrogen) atoms. The summed E-state index contributed by atoms with van der Waals surface area (Å²) >= 11 is 6.09. The largest absolute Gasteiger partial charge is 0.323 e. The predicted octanol–water partition coefficient (Wildman–Crippen LogP) is 5.17. The Morgan fingerprint density at radius 3 is 2.69 bits per heavy atom. The Morgan fingerprint density at radius 1 is 1.10 bits per heavy atom. The van der Waals surface area contributed by atoms with E-state index in [1.807, 2.05) is 6.92 Å². The number of amides is 1. The number of carbonyl (C=O) groups is 1. The quantitative estimate of drug-likeness (QED) is 0.310.